The molecule has 9 heteroatoms. The van der Waals surface area contributed by atoms with Crippen LogP contribution in [-0.4, -0.2) is 62.2 Å². The number of amides is 1. The van der Waals surface area contributed by atoms with E-state index in [2.05, 4.69) is 0 Å². The van der Waals surface area contributed by atoms with Gasteiger partial charge >= 0.3 is 18.3 Å². The van der Waals surface area contributed by atoms with E-state index in [4.69, 9.17) is 21.8 Å². The van der Waals surface area contributed by atoms with Gasteiger partial charge in [0.25, 0.3) is 0 Å². The van der Waals surface area contributed by atoms with Crippen molar-refractivity contribution >= 4 is 24.2 Å². The number of rotatable bonds is 12. The Labute approximate surface area is 137 Å². The van der Waals surface area contributed by atoms with Gasteiger partial charge in [-0.05, 0) is 27.7 Å². The van der Waals surface area contributed by atoms with Crippen molar-refractivity contribution in [2.75, 3.05) is 26.9 Å². The van der Waals surface area contributed by atoms with Gasteiger partial charge in [0.15, 0.2) is 0 Å². The maximum Gasteiger partial charge on any atom is 0.494 e. The van der Waals surface area contributed by atoms with Gasteiger partial charge in [0, 0.05) is 39.8 Å². The Bertz CT molecular complexity index is 317. The van der Waals surface area contributed by atoms with E-state index in [1.165, 1.54) is 11.8 Å². The molecule has 0 saturated carbocycles. The molecule has 0 spiro atoms. The van der Waals surface area contributed by atoms with E-state index >= 15 is 0 Å². The third-order valence-corrected chi connectivity index (χ3v) is 8.78. The zero-order valence-electron chi connectivity index (χ0n) is 14.9. The Kier molecular flexibility index (Phi) is 11.1. The maximum absolute atomic E-state index is 11.5. The molecule has 0 saturated heterocycles. The zero-order chi connectivity index (χ0) is 17.2. The van der Waals surface area contributed by atoms with E-state index < -0.39 is 24.6 Å². The predicted octanol–water partition coefficient (Wildman–Crippen LogP) is 1.63. The van der Waals surface area contributed by atoms with Gasteiger partial charge in [0.2, 0.25) is 5.91 Å². The van der Waals surface area contributed by atoms with E-state index in [0.717, 1.165) is 0 Å². The van der Waals surface area contributed by atoms with E-state index in [9.17, 15) is 4.79 Å². The second-order valence-corrected chi connectivity index (χ2v) is 9.42. The summed E-state index contributed by atoms with van der Waals surface area (Å²) in [5.41, 5.74) is 0. The molecule has 2 unspecified atom stereocenters. The summed E-state index contributed by atoms with van der Waals surface area (Å²) in [6, 6.07) is 0.584. The fourth-order valence-electron chi connectivity index (χ4n) is 1.71. The lowest BCUT2D eigenvalue weighted by Gasteiger charge is -2.36. The highest BCUT2D eigenvalue weighted by atomic mass is 28.4. The topological polar surface area (TPSA) is 66.5 Å². The van der Waals surface area contributed by atoms with Crippen molar-refractivity contribution < 1.29 is 26.6 Å². The van der Waals surface area contributed by atoms with E-state index in [0.29, 0.717) is 25.9 Å². The van der Waals surface area contributed by atoms with Gasteiger partial charge in [-0.25, -0.2) is 0 Å². The van der Waals surface area contributed by atoms with Gasteiger partial charge < -0.3 is 26.7 Å². The van der Waals surface area contributed by atoms with Gasteiger partial charge in [-0.1, -0.05) is 6.92 Å². The quantitative estimate of drug-likeness (QED) is 0.392. The maximum atomic E-state index is 11.5. The average molecular weight is 354 g/mol. The molecule has 0 N–H and O–H groups in total. The van der Waals surface area contributed by atoms with Crippen molar-refractivity contribution in [2.24, 2.45) is 0 Å². The molecule has 0 fully saturated rings. The minimum atomic E-state index is -2.96. The molecule has 0 heterocycles. The highest BCUT2D eigenvalue weighted by Gasteiger charge is 2.45. The number of hydrogen-bond acceptors (Lipinski definition) is 6. The molecule has 0 aromatic carbocycles. The molecule has 0 aromatic rings. The summed E-state index contributed by atoms with van der Waals surface area (Å²) in [5.74, 6) is -0.0774. The molecule has 0 bridgehead atoms. The van der Waals surface area contributed by atoms with Gasteiger partial charge in [-0.3, -0.25) is 4.79 Å². The van der Waals surface area contributed by atoms with Crippen LogP contribution in [0.4, 0.5) is 0 Å². The van der Waals surface area contributed by atoms with Crippen LogP contribution in [0, 0.1) is 0 Å². The van der Waals surface area contributed by atoms with Crippen LogP contribution >= 0.6 is 0 Å². The molecule has 22 heavy (non-hydrogen) atoms. The zero-order valence-corrected chi connectivity index (χ0v) is 17.0. The first-order chi connectivity index (χ1) is 10.4. The number of nitrogens with zero attached hydrogens (tertiary/aromatic N) is 1. The lowest BCUT2D eigenvalue weighted by atomic mass is 10.5. The standard InChI is InChI=1S/C13H31NO6Si2/c1-8-16-21(17-9-2)20-22(11-4,18-10-3)19-13(6)14(7)12(5)15/h13,21H,8-11H2,1-7H3. The number of carbonyl (C=O) groups excluding carboxylic acids is 1. The van der Waals surface area contributed by atoms with E-state index in [1.807, 2.05) is 27.7 Å². The summed E-state index contributed by atoms with van der Waals surface area (Å²) < 4.78 is 29.1. The van der Waals surface area contributed by atoms with Crippen LogP contribution in [0.5, 0.6) is 0 Å². The van der Waals surface area contributed by atoms with Crippen LogP contribution in [0.2, 0.25) is 6.04 Å². The van der Waals surface area contributed by atoms with Crippen molar-refractivity contribution in [1.82, 2.24) is 4.90 Å². The van der Waals surface area contributed by atoms with Crippen molar-refractivity contribution in [2.45, 2.75) is 53.8 Å². The third kappa shape index (κ3) is 7.31. The molecule has 0 rings (SSSR count). The van der Waals surface area contributed by atoms with Crippen molar-refractivity contribution in [3.8, 4) is 0 Å². The monoisotopic (exact) mass is 353 g/mol. The van der Waals surface area contributed by atoms with E-state index in [1.54, 1.807) is 14.0 Å². The Balaban J connectivity index is 5.06. The lowest BCUT2D eigenvalue weighted by molar-refractivity contribution is -0.136. The molecule has 0 aliphatic heterocycles. The largest absolute Gasteiger partial charge is 0.494 e. The molecule has 0 aliphatic carbocycles. The molecule has 7 nitrogen and oxygen atoms in total. The second kappa shape index (κ2) is 11.3. The Morgan fingerprint density at radius 3 is 2.05 bits per heavy atom. The SMILES string of the molecule is CCO[SiH](OCC)O[Si](CC)(OCC)OC(C)N(C)C(C)=O. The Morgan fingerprint density at radius 1 is 1.14 bits per heavy atom. The van der Waals surface area contributed by atoms with Gasteiger partial charge in [0.05, 0.1) is 0 Å². The van der Waals surface area contributed by atoms with Crippen molar-refractivity contribution in [3.63, 3.8) is 0 Å². The highest BCUT2D eigenvalue weighted by molar-refractivity contribution is 6.67. The van der Waals surface area contributed by atoms with Crippen LogP contribution in [0.15, 0.2) is 0 Å². The molecule has 0 radical (unpaired) electrons. The van der Waals surface area contributed by atoms with Crippen LogP contribution in [0.3, 0.4) is 0 Å². The molecular weight excluding hydrogens is 322 g/mol. The van der Waals surface area contributed by atoms with Crippen LogP contribution < -0.4 is 0 Å². The first-order valence-electron chi connectivity index (χ1n) is 7.81. The molecule has 0 aliphatic rings. The summed E-state index contributed by atoms with van der Waals surface area (Å²) in [6.45, 7) is 12.4. The normalized spacial score (nSPS) is 15.6. The molecule has 132 valence electrons. The van der Waals surface area contributed by atoms with E-state index in [-0.39, 0.29) is 5.91 Å². The van der Waals surface area contributed by atoms with Crippen LogP contribution in [-0.2, 0) is 26.6 Å². The average Bonchev–Trinajstić information content (AvgIpc) is 2.46. The third-order valence-electron chi connectivity index (χ3n) is 3.07. The number of carbonyl (C=O) groups is 1. The molecule has 0 aromatic heterocycles. The van der Waals surface area contributed by atoms with Gasteiger partial charge in [-0.2, -0.15) is 0 Å². The summed E-state index contributed by atoms with van der Waals surface area (Å²) in [6.07, 6.45) is -0.437. The summed E-state index contributed by atoms with van der Waals surface area (Å²) >= 11 is 0. The number of hydrogen-bond donors (Lipinski definition) is 0. The lowest BCUT2D eigenvalue weighted by Crippen LogP contribution is -2.55. The summed E-state index contributed by atoms with van der Waals surface area (Å²) in [7, 11) is -3.59. The van der Waals surface area contributed by atoms with Crippen molar-refractivity contribution in [1.29, 1.82) is 0 Å². The molecular formula is C13H31NO6Si2. The van der Waals surface area contributed by atoms with Crippen LogP contribution in [0.25, 0.3) is 0 Å². The smallest absolute Gasteiger partial charge is 0.377 e. The minimum Gasteiger partial charge on any atom is -0.377 e. The van der Waals surface area contributed by atoms with Crippen LogP contribution in [0.1, 0.15) is 41.5 Å². The second-order valence-electron chi connectivity index (χ2n) is 4.63. The Hall–Kier alpha value is -0.296. The van der Waals surface area contributed by atoms with Gasteiger partial charge in [0.1, 0.15) is 6.23 Å². The molecule has 2 atom stereocenters. The fraction of sp³-hybridized carbons (Fsp3) is 0.923. The Morgan fingerprint density at radius 2 is 1.68 bits per heavy atom. The fourth-order valence-corrected chi connectivity index (χ4v) is 6.79. The highest BCUT2D eigenvalue weighted by Crippen LogP contribution is 2.20. The van der Waals surface area contributed by atoms with Crippen molar-refractivity contribution in [3.05, 3.63) is 0 Å². The molecule has 1 amide bonds. The summed E-state index contributed by atoms with van der Waals surface area (Å²) in [4.78, 5) is 13.0. The predicted molar refractivity (Wildman–Crippen MR) is 88.3 cm³/mol. The first kappa shape index (κ1) is 21.7. The first-order valence-corrected chi connectivity index (χ1v) is 11.2. The van der Waals surface area contributed by atoms with Gasteiger partial charge in [-0.15, -0.1) is 0 Å². The minimum absolute atomic E-state index is 0.0774. The summed E-state index contributed by atoms with van der Waals surface area (Å²) in [5, 5.41) is 0.